The topological polar surface area (TPSA) is 35.5 Å². The molecule has 4 heteroatoms. The van der Waals surface area contributed by atoms with Crippen LogP contribution in [0.5, 0.6) is 0 Å². The zero-order chi connectivity index (χ0) is 18.3. The summed E-state index contributed by atoms with van der Waals surface area (Å²) in [7, 11) is 0. The zero-order valence-corrected chi connectivity index (χ0v) is 15.9. The SMILES string of the molecule is C=C(C1CNc2cc(Cl)ccc21)N1CCC(O)(c2ccc(C)cc2)CC1. The third-order valence-electron chi connectivity index (χ3n) is 5.88. The molecule has 0 amide bonds. The van der Waals surface area contributed by atoms with Crippen molar-refractivity contribution >= 4 is 17.3 Å². The van der Waals surface area contributed by atoms with Crippen LogP contribution in [-0.4, -0.2) is 29.6 Å². The lowest BCUT2D eigenvalue weighted by atomic mass is 9.83. The van der Waals surface area contributed by atoms with Gasteiger partial charge in [-0.15, -0.1) is 0 Å². The Morgan fingerprint density at radius 1 is 1.19 bits per heavy atom. The molecule has 1 atom stereocenters. The lowest BCUT2D eigenvalue weighted by Gasteiger charge is -2.41. The van der Waals surface area contributed by atoms with E-state index < -0.39 is 5.60 Å². The lowest BCUT2D eigenvalue weighted by molar-refractivity contribution is -0.0194. The van der Waals surface area contributed by atoms with E-state index in [4.69, 9.17) is 11.6 Å². The molecule has 0 radical (unpaired) electrons. The number of aliphatic hydroxyl groups is 1. The van der Waals surface area contributed by atoms with Crippen molar-refractivity contribution in [2.24, 2.45) is 0 Å². The molecule has 2 aromatic rings. The summed E-state index contributed by atoms with van der Waals surface area (Å²) < 4.78 is 0. The monoisotopic (exact) mass is 368 g/mol. The van der Waals surface area contributed by atoms with Crippen LogP contribution >= 0.6 is 11.6 Å². The van der Waals surface area contributed by atoms with E-state index in [-0.39, 0.29) is 5.92 Å². The van der Waals surface area contributed by atoms with Gasteiger partial charge in [0.05, 0.1) is 5.60 Å². The largest absolute Gasteiger partial charge is 0.385 e. The van der Waals surface area contributed by atoms with Gasteiger partial charge in [-0.05, 0) is 43.0 Å². The van der Waals surface area contributed by atoms with E-state index in [1.807, 2.05) is 12.1 Å². The van der Waals surface area contributed by atoms with E-state index in [2.05, 4.69) is 54.1 Å². The normalized spacial score (nSPS) is 21.2. The highest BCUT2D eigenvalue weighted by atomic mass is 35.5. The Kier molecular flexibility index (Phi) is 4.45. The summed E-state index contributed by atoms with van der Waals surface area (Å²) in [4.78, 5) is 2.33. The molecule has 1 saturated heterocycles. The third kappa shape index (κ3) is 3.10. The van der Waals surface area contributed by atoms with Crippen LogP contribution in [0.4, 0.5) is 5.69 Å². The number of hydrogen-bond acceptors (Lipinski definition) is 3. The molecular weight excluding hydrogens is 344 g/mol. The van der Waals surface area contributed by atoms with Gasteiger partial charge in [-0.2, -0.15) is 0 Å². The summed E-state index contributed by atoms with van der Waals surface area (Å²) in [5.41, 5.74) is 5.01. The van der Waals surface area contributed by atoms with Crippen LogP contribution in [0.15, 0.2) is 54.7 Å². The zero-order valence-electron chi connectivity index (χ0n) is 15.1. The molecule has 2 heterocycles. The van der Waals surface area contributed by atoms with Crippen LogP contribution < -0.4 is 5.32 Å². The Hall–Kier alpha value is -1.97. The number of nitrogens with zero attached hydrogens (tertiary/aromatic N) is 1. The Bertz CT molecular complexity index is 823. The number of piperidine rings is 1. The van der Waals surface area contributed by atoms with Gasteiger partial charge in [0.1, 0.15) is 0 Å². The van der Waals surface area contributed by atoms with Gasteiger partial charge < -0.3 is 15.3 Å². The minimum Gasteiger partial charge on any atom is -0.385 e. The van der Waals surface area contributed by atoms with Crippen molar-refractivity contribution < 1.29 is 5.11 Å². The number of fused-ring (bicyclic) bond motifs is 1. The van der Waals surface area contributed by atoms with E-state index in [0.717, 1.165) is 54.4 Å². The number of hydrogen-bond donors (Lipinski definition) is 2. The first-order valence-electron chi connectivity index (χ1n) is 9.23. The summed E-state index contributed by atoms with van der Waals surface area (Å²) in [6.45, 7) is 8.95. The first kappa shape index (κ1) is 17.4. The molecule has 0 saturated carbocycles. The molecule has 136 valence electrons. The molecule has 26 heavy (non-hydrogen) atoms. The van der Waals surface area contributed by atoms with Crippen molar-refractivity contribution in [1.82, 2.24) is 4.90 Å². The van der Waals surface area contributed by atoms with Gasteiger partial charge in [-0.25, -0.2) is 0 Å². The lowest BCUT2D eigenvalue weighted by Crippen LogP contribution is -2.43. The van der Waals surface area contributed by atoms with Crippen LogP contribution in [0.3, 0.4) is 0 Å². The van der Waals surface area contributed by atoms with Gasteiger partial charge in [0, 0.05) is 42.0 Å². The van der Waals surface area contributed by atoms with Crippen LogP contribution in [0.25, 0.3) is 0 Å². The summed E-state index contributed by atoms with van der Waals surface area (Å²) in [5.74, 6) is 0.271. The average Bonchev–Trinajstić information content (AvgIpc) is 3.05. The van der Waals surface area contributed by atoms with Gasteiger partial charge >= 0.3 is 0 Å². The van der Waals surface area contributed by atoms with Gasteiger partial charge in [-0.3, -0.25) is 0 Å². The van der Waals surface area contributed by atoms with Crippen molar-refractivity contribution in [3.63, 3.8) is 0 Å². The number of halogens is 1. The Morgan fingerprint density at radius 2 is 1.88 bits per heavy atom. The molecule has 2 aliphatic heterocycles. The van der Waals surface area contributed by atoms with Crippen molar-refractivity contribution in [3.05, 3.63) is 76.5 Å². The van der Waals surface area contributed by atoms with Crippen LogP contribution in [0.2, 0.25) is 5.02 Å². The number of rotatable bonds is 3. The Morgan fingerprint density at radius 3 is 2.58 bits per heavy atom. The molecule has 0 spiro atoms. The van der Waals surface area contributed by atoms with Crippen molar-refractivity contribution in [2.45, 2.75) is 31.3 Å². The Balaban J connectivity index is 1.45. The van der Waals surface area contributed by atoms with Crippen LogP contribution in [-0.2, 0) is 5.60 Å². The highest BCUT2D eigenvalue weighted by Gasteiger charge is 2.36. The van der Waals surface area contributed by atoms with Crippen molar-refractivity contribution in [3.8, 4) is 0 Å². The quantitative estimate of drug-likeness (QED) is 0.827. The maximum absolute atomic E-state index is 11.1. The fourth-order valence-corrected chi connectivity index (χ4v) is 4.31. The minimum atomic E-state index is -0.732. The molecule has 0 aliphatic carbocycles. The summed E-state index contributed by atoms with van der Waals surface area (Å²) in [6.07, 6.45) is 1.45. The highest BCUT2D eigenvalue weighted by molar-refractivity contribution is 6.30. The molecule has 0 aromatic heterocycles. The van der Waals surface area contributed by atoms with E-state index >= 15 is 0 Å². The number of anilines is 1. The molecule has 1 fully saturated rings. The predicted octanol–water partition coefficient (Wildman–Crippen LogP) is 4.65. The maximum atomic E-state index is 11.1. The van der Waals surface area contributed by atoms with Gasteiger partial charge in [0.25, 0.3) is 0 Å². The number of likely N-dealkylation sites (tertiary alicyclic amines) is 1. The van der Waals surface area contributed by atoms with E-state index in [0.29, 0.717) is 0 Å². The van der Waals surface area contributed by atoms with Gasteiger partial charge in [0.15, 0.2) is 0 Å². The van der Waals surface area contributed by atoms with Gasteiger partial charge in [0.2, 0.25) is 0 Å². The van der Waals surface area contributed by atoms with E-state index in [9.17, 15) is 5.11 Å². The van der Waals surface area contributed by atoms with Crippen LogP contribution in [0.1, 0.15) is 35.4 Å². The second-order valence-corrected chi connectivity index (χ2v) is 7.98. The number of aryl methyl sites for hydroxylation is 1. The van der Waals surface area contributed by atoms with E-state index in [1.54, 1.807) is 0 Å². The highest BCUT2D eigenvalue weighted by Crippen LogP contribution is 2.41. The predicted molar refractivity (Wildman–Crippen MR) is 108 cm³/mol. The summed E-state index contributed by atoms with van der Waals surface area (Å²) >= 11 is 6.10. The standard InChI is InChI=1S/C22H25ClN2O/c1-15-3-5-17(6-4-15)22(26)9-11-25(12-10-22)16(2)20-14-24-21-13-18(23)7-8-19(20)21/h3-8,13,20,24,26H,2,9-12,14H2,1H3. The van der Waals surface area contributed by atoms with Crippen molar-refractivity contribution in [1.29, 1.82) is 0 Å². The van der Waals surface area contributed by atoms with Crippen molar-refractivity contribution in [2.75, 3.05) is 25.0 Å². The fraction of sp³-hybridized carbons (Fsp3) is 0.364. The maximum Gasteiger partial charge on any atom is 0.0930 e. The number of benzene rings is 2. The van der Waals surface area contributed by atoms with Gasteiger partial charge in [-0.1, -0.05) is 54.1 Å². The van der Waals surface area contributed by atoms with E-state index in [1.165, 1.54) is 11.1 Å². The van der Waals surface area contributed by atoms with Crippen LogP contribution in [0, 0.1) is 6.92 Å². The number of nitrogens with one attached hydrogen (secondary N) is 1. The Labute approximate surface area is 160 Å². The molecule has 2 aromatic carbocycles. The molecular formula is C22H25ClN2O. The molecule has 3 nitrogen and oxygen atoms in total. The average molecular weight is 369 g/mol. The first-order valence-corrected chi connectivity index (χ1v) is 9.61. The first-order chi connectivity index (χ1) is 12.5. The molecule has 2 N–H and O–H groups in total. The molecule has 4 rings (SSSR count). The molecule has 0 bridgehead atoms. The second-order valence-electron chi connectivity index (χ2n) is 7.54. The smallest absolute Gasteiger partial charge is 0.0930 e. The summed E-state index contributed by atoms with van der Waals surface area (Å²) in [6, 6.07) is 14.3. The fourth-order valence-electron chi connectivity index (χ4n) is 4.14. The second kappa shape index (κ2) is 6.64. The summed E-state index contributed by atoms with van der Waals surface area (Å²) in [5, 5.41) is 15.3. The molecule has 2 aliphatic rings. The minimum absolute atomic E-state index is 0.271. The third-order valence-corrected chi connectivity index (χ3v) is 6.11. The molecule has 1 unspecified atom stereocenters.